The average molecular weight is 416 g/mol. The third-order valence-corrected chi connectivity index (χ3v) is 4.17. The van der Waals surface area contributed by atoms with Crippen LogP contribution in [0.5, 0.6) is 11.5 Å². The van der Waals surface area contributed by atoms with Crippen molar-refractivity contribution in [3.63, 3.8) is 0 Å². The lowest BCUT2D eigenvalue weighted by Gasteiger charge is -2.14. The molecule has 0 aromatic heterocycles. The molecule has 0 atom stereocenters. The fraction of sp³-hybridized carbons (Fsp3) is 0.364. The lowest BCUT2D eigenvalue weighted by Crippen LogP contribution is -2.32. The second-order valence-electron chi connectivity index (χ2n) is 6.40. The van der Waals surface area contributed by atoms with Crippen molar-refractivity contribution in [2.24, 2.45) is 4.99 Å². The Morgan fingerprint density at radius 2 is 1.90 bits per heavy atom. The van der Waals surface area contributed by atoms with Crippen LogP contribution in [0.15, 0.2) is 41.4 Å². The predicted octanol–water partition coefficient (Wildman–Crippen LogP) is 3.35. The Hall–Kier alpha value is -3.29. The number of benzene rings is 2. The molecule has 30 heavy (non-hydrogen) atoms. The van der Waals surface area contributed by atoms with Crippen LogP contribution in [0.2, 0.25) is 0 Å². The number of carbonyl (C=O) groups is 1. The molecule has 0 heterocycles. The number of amides is 1. The summed E-state index contributed by atoms with van der Waals surface area (Å²) in [6.07, 6.45) is 0. The van der Waals surface area contributed by atoms with Crippen molar-refractivity contribution in [3.05, 3.63) is 53.3 Å². The normalized spacial score (nSPS) is 11.0. The number of rotatable bonds is 9. The van der Waals surface area contributed by atoms with Crippen LogP contribution in [0.4, 0.5) is 10.1 Å². The van der Waals surface area contributed by atoms with Gasteiger partial charge in [-0.05, 0) is 50.6 Å². The highest BCUT2D eigenvalue weighted by Gasteiger charge is 2.09. The van der Waals surface area contributed by atoms with E-state index in [2.05, 4.69) is 20.9 Å². The molecule has 2 aromatic carbocycles. The summed E-state index contributed by atoms with van der Waals surface area (Å²) in [7, 11) is 1.59. The third kappa shape index (κ3) is 6.65. The van der Waals surface area contributed by atoms with Gasteiger partial charge in [0.2, 0.25) is 0 Å². The van der Waals surface area contributed by atoms with Gasteiger partial charge in [-0.25, -0.2) is 4.39 Å². The van der Waals surface area contributed by atoms with Gasteiger partial charge in [-0.3, -0.25) is 9.79 Å². The molecule has 0 saturated carbocycles. The van der Waals surface area contributed by atoms with Gasteiger partial charge >= 0.3 is 0 Å². The standard InChI is InChI=1S/C22H29FN4O3/c1-5-24-22(27-17-9-10-19(29-4)20(14-17)30-6-2)26-12-11-25-21(28)16-8-7-15(3)18(23)13-16/h7-10,13-14H,5-6,11-12H2,1-4H3,(H,25,28)(H2,24,26,27). The first-order chi connectivity index (χ1) is 14.5. The lowest BCUT2D eigenvalue weighted by atomic mass is 10.1. The first kappa shape index (κ1) is 23.0. The highest BCUT2D eigenvalue weighted by molar-refractivity contribution is 5.95. The van der Waals surface area contributed by atoms with Gasteiger partial charge in [0.15, 0.2) is 17.5 Å². The molecule has 0 spiro atoms. The Morgan fingerprint density at radius 1 is 1.10 bits per heavy atom. The van der Waals surface area contributed by atoms with Crippen molar-refractivity contribution >= 4 is 17.6 Å². The predicted molar refractivity (Wildman–Crippen MR) is 117 cm³/mol. The van der Waals surface area contributed by atoms with Crippen molar-refractivity contribution in [1.82, 2.24) is 10.6 Å². The van der Waals surface area contributed by atoms with E-state index in [0.29, 0.717) is 49.3 Å². The highest BCUT2D eigenvalue weighted by Crippen LogP contribution is 2.30. The molecule has 0 aliphatic heterocycles. The fourth-order valence-corrected chi connectivity index (χ4v) is 2.64. The quantitative estimate of drug-likeness (QED) is 0.332. The lowest BCUT2D eigenvalue weighted by molar-refractivity contribution is 0.0954. The van der Waals surface area contributed by atoms with Crippen LogP contribution in [0.3, 0.4) is 0 Å². The number of nitrogens with one attached hydrogen (secondary N) is 3. The number of hydrogen-bond acceptors (Lipinski definition) is 4. The molecule has 0 aliphatic rings. The largest absolute Gasteiger partial charge is 0.493 e. The van der Waals surface area contributed by atoms with Gasteiger partial charge in [0, 0.05) is 30.4 Å². The van der Waals surface area contributed by atoms with Crippen molar-refractivity contribution in [3.8, 4) is 11.5 Å². The van der Waals surface area contributed by atoms with Crippen LogP contribution in [-0.4, -0.2) is 45.2 Å². The van der Waals surface area contributed by atoms with E-state index >= 15 is 0 Å². The number of halogens is 1. The van der Waals surface area contributed by atoms with E-state index < -0.39 is 5.82 Å². The Morgan fingerprint density at radius 3 is 2.57 bits per heavy atom. The Balaban J connectivity index is 1.96. The Bertz CT molecular complexity index is 887. The second-order valence-corrected chi connectivity index (χ2v) is 6.40. The van der Waals surface area contributed by atoms with Crippen LogP contribution in [0.25, 0.3) is 0 Å². The maximum absolute atomic E-state index is 13.6. The zero-order valence-corrected chi connectivity index (χ0v) is 17.8. The molecule has 0 aliphatic carbocycles. The molecule has 0 unspecified atom stereocenters. The molecule has 0 saturated heterocycles. The summed E-state index contributed by atoms with van der Waals surface area (Å²) in [4.78, 5) is 16.6. The summed E-state index contributed by atoms with van der Waals surface area (Å²) in [5.74, 6) is 1.13. The number of anilines is 1. The molecule has 1 amide bonds. The molecular weight excluding hydrogens is 387 g/mol. The molecule has 162 valence electrons. The molecule has 0 radical (unpaired) electrons. The number of methoxy groups -OCH3 is 1. The summed E-state index contributed by atoms with van der Waals surface area (Å²) >= 11 is 0. The smallest absolute Gasteiger partial charge is 0.251 e. The van der Waals surface area contributed by atoms with Crippen molar-refractivity contribution in [1.29, 1.82) is 0 Å². The second kappa shape index (κ2) is 11.6. The number of hydrogen-bond donors (Lipinski definition) is 3. The van der Waals surface area contributed by atoms with E-state index in [9.17, 15) is 9.18 Å². The van der Waals surface area contributed by atoms with Crippen LogP contribution in [0.1, 0.15) is 29.8 Å². The number of carbonyl (C=O) groups excluding carboxylic acids is 1. The molecular formula is C22H29FN4O3. The van der Waals surface area contributed by atoms with E-state index in [4.69, 9.17) is 9.47 Å². The van der Waals surface area contributed by atoms with E-state index in [1.54, 1.807) is 26.2 Å². The van der Waals surface area contributed by atoms with Crippen LogP contribution < -0.4 is 25.4 Å². The molecule has 0 fully saturated rings. The SMILES string of the molecule is CCNC(=NCCNC(=O)c1ccc(C)c(F)c1)Nc1ccc(OC)c(OCC)c1. The first-order valence-corrected chi connectivity index (χ1v) is 9.89. The zero-order chi connectivity index (χ0) is 21.9. The Labute approximate surface area is 176 Å². The van der Waals surface area contributed by atoms with Crippen molar-refractivity contribution < 1.29 is 18.7 Å². The minimum Gasteiger partial charge on any atom is -0.493 e. The molecule has 2 rings (SSSR count). The molecule has 7 nitrogen and oxygen atoms in total. The van der Waals surface area contributed by atoms with Crippen LogP contribution >= 0.6 is 0 Å². The Kier molecular flexibility index (Phi) is 8.93. The summed E-state index contributed by atoms with van der Waals surface area (Å²) in [5, 5.41) is 9.10. The summed E-state index contributed by atoms with van der Waals surface area (Å²) < 4.78 is 24.5. The van der Waals surface area contributed by atoms with Crippen molar-refractivity contribution in [2.75, 3.05) is 38.7 Å². The van der Waals surface area contributed by atoms with E-state index in [1.807, 2.05) is 32.0 Å². The number of ether oxygens (including phenoxy) is 2. The number of nitrogens with zero attached hydrogens (tertiary/aromatic N) is 1. The maximum Gasteiger partial charge on any atom is 0.251 e. The molecule has 2 aromatic rings. The van der Waals surface area contributed by atoms with E-state index in [1.165, 1.54) is 6.07 Å². The molecule has 0 bridgehead atoms. The minimum atomic E-state index is -0.398. The van der Waals surface area contributed by atoms with Gasteiger partial charge in [-0.15, -0.1) is 0 Å². The monoisotopic (exact) mass is 416 g/mol. The van der Waals surface area contributed by atoms with Gasteiger partial charge in [-0.2, -0.15) is 0 Å². The fourth-order valence-electron chi connectivity index (χ4n) is 2.64. The van der Waals surface area contributed by atoms with Gasteiger partial charge in [0.25, 0.3) is 5.91 Å². The third-order valence-electron chi connectivity index (χ3n) is 4.17. The van der Waals surface area contributed by atoms with Gasteiger partial charge < -0.3 is 25.4 Å². The number of guanidine groups is 1. The van der Waals surface area contributed by atoms with Gasteiger partial charge in [0.1, 0.15) is 5.82 Å². The summed E-state index contributed by atoms with van der Waals surface area (Å²) in [6.45, 7) is 7.39. The summed E-state index contributed by atoms with van der Waals surface area (Å²) in [6, 6.07) is 9.94. The van der Waals surface area contributed by atoms with Gasteiger partial charge in [0.05, 0.1) is 20.3 Å². The van der Waals surface area contributed by atoms with Crippen molar-refractivity contribution in [2.45, 2.75) is 20.8 Å². The zero-order valence-electron chi connectivity index (χ0n) is 17.8. The molecule has 3 N–H and O–H groups in total. The van der Waals surface area contributed by atoms with Crippen LogP contribution in [0, 0.1) is 12.7 Å². The summed E-state index contributed by atoms with van der Waals surface area (Å²) in [5.41, 5.74) is 1.58. The minimum absolute atomic E-state index is 0.286. The van der Waals surface area contributed by atoms with E-state index in [-0.39, 0.29) is 11.5 Å². The first-order valence-electron chi connectivity index (χ1n) is 9.89. The molecule has 8 heteroatoms. The van der Waals surface area contributed by atoms with Gasteiger partial charge in [-0.1, -0.05) is 6.07 Å². The topological polar surface area (TPSA) is 84.0 Å². The average Bonchev–Trinajstić information content (AvgIpc) is 2.73. The van der Waals surface area contributed by atoms with E-state index in [0.717, 1.165) is 5.69 Å². The maximum atomic E-state index is 13.6. The number of aliphatic imine (C=N–C) groups is 1. The highest BCUT2D eigenvalue weighted by atomic mass is 19.1. The van der Waals surface area contributed by atoms with Crippen LogP contribution in [-0.2, 0) is 0 Å². The number of aryl methyl sites for hydroxylation is 1.